The third-order valence-corrected chi connectivity index (χ3v) is 5.10. The van der Waals surface area contributed by atoms with Gasteiger partial charge in [-0.15, -0.1) is 0 Å². The van der Waals surface area contributed by atoms with Crippen molar-refractivity contribution in [2.75, 3.05) is 19.6 Å². The second-order valence-electron chi connectivity index (χ2n) is 7.32. The van der Waals surface area contributed by atoms with Crippen LogP contribution in [0.25, 0.3) is 0 Å². The van der Waals surface area contributed by atoms with Crippen LogP contribution in [0.1, 0.15) is 47.0 Å². The molecule has 0 spiro atoms. The SMILES string of the molecule is CC1(C)OB(C2=CCN(CC3CC3)CC2)OC1(C)C. The van der Waals surface area contributed by atoms with E-state index >= 15 is 0 Å². The number of nitrogens with zero attached hydrogens (tertiary/aromatic N) is 1. The molecule has 0 aromatic heterocycles. The lowest BCUT2D eigenvalue weighted by molar-refractivity contribution is 0.00578. The second-order valence-corrected chi connectivity index (χ2v) is 7.32. The highest BCUT2D eigenvalue weighted by molar-refractivity contribution is 6.54. The summed E-state index contributed by atoms with van der Waals surface area (Å²) in [4.78, 5) is 2.56. The first-order valence-electron chi connectivity index (χ1n) is 7.64. The molecule has 2 heterocycles. The topological polar surface area (TPSA) is 21.7 Å². The molecule has 0 unspecified atom stereocenters. The molecule has 0 aromatic rings. The molecule has 0 atom stereocenters. The normalized spacial score (nSPS) is 30.5. The van der Waals surface area contributed by atoms with Crippen LogP contribution >= 0.6 is 0 Å². The van der Waals surface area contributed by atoms with Gasteiger partial charge in [0.1, 0.15) is 0 Å². The summed E-state index contributed by atoms with van der Waals surface area (Å²) in [5.74, 6) is 0.979. The lowest BCUT2D eigenvalue weighted by Crippen LogP contribution is -2.41. The van der Waals surface area contributed by atoms with Gasteiger partial charge in [0.2, 0.25) is 0 Å². The highest BCUT2D eigenvalue weighted by Gasteiger charge is 2.52. The summed E-state index contributed by atoms with van der Waals surface area (Å²) in [7, 11) is -0.131. The summed E-state index contributed by atoms with van der Waals surface area (Å²) in [5.41, 5.74) is 0.901. The van der Waals surface area contributed by atoms with Gasteiger partial charge in [-0.25, -0.2) is 0 Å². The van der Waals surface area contributed by atoms with Crippen molar-refractivity contribution in [1.29, 1.82) is 0 Å². The van der Waals surface area contributed by atoms with Gasteiger partial charge in [0.25, 0.3) is 0 Å². The minimum atomic E-state index is -0.219. The summed E-state index contributed by atoms with van der Waals surface area (Å²) < 4.78 is 12.2. The average Bonchev–Trinajstić information content (AvgIpc) is 3.08. The molecule has 1 saturated heterocycles. The second kappa shape index (κ2) is 4.61. The zero-order valence-corrected chi connectivity index (χ0v) is 12.7. The number of hydrogen-bond acceptors (Lipinski definition) is 3. The van der Waals surface area contributed by atoms with Crippen molar-refractivity contribution < 1.29 is 9.31 Å². The maximum absolute atomic E-state index is 6.12. The van der Waals surface area contributed by atoms with Crippen molar-refractivity contribution in [1.82, 2.24) is 4.90 Å². The predicted octanol–water partition coefficient (Wildman–Crippen LogP) is 2.66. The maximum atomic E-state index is 6.12. The van der Waals surface area contributed by atoms with Crippen molar-refractivity contribution in [2.45, 2.75) is 58.2 Å². The van der Waals surface area contributed by atoms with Crippen LogP contribution in [0.3, 0.4) is 0 Å². The van der Waals surface area contributed by atoms with Crippen LogP contribution in [0.15, 0.2) is 11.5 Å². The van der Waals surface area contributed by atoms with Crippen LogP contribution in [-0.4, -0.2) is 42.9 Å². The largest absolute Gasteiger partial charge is 0.490 e. The molecule has 2 aliphatic heterocycles. The van der Waals surface area contributed by atoms with E-state index in [1.165, 1.54) is 24.9 Å². The zero-order valence-electron chi connectivity index (χ0n) is 12.7. The molecule has 0 bridgehead atoms. The fourth-order valence-electron chi connectivity index (χ4n) is 2.77. The third-order valence-electron chi connectivity index (χ3n) is 5.10. The van der Waals surface area contributed by atoms with Crippen LogP contribution in [0.4, 0.5) is 0 Å². The standard InChI is InChI=1S/C15H26BNO2/c1-14(2)15(3,4)19-16(18-14)13-7-9-17(10-8-13)11-12-5-6-12/h7,12H,5-6,8-11H2,1-4H3. The Morgan fingerprint density at radius 3 is 2.32 bits per heavy atom. The summed E-state index contributed by atoms with van der Waals surface area (Å²) in [6.45, 7) is 12.0. The quantitative estimate of drug-likeness (QED) is 0.731. The van der Waals surface area contributed by atoms with E-state index in [4.69, 9.17) is 9.31 Å². The maximum Gasteiger partial charge on any atom is 0.490 e. The molecule has 0 radical (unpaired) electrons. The molecule has 106 valence electrons. The number of hydrogen-bond donors (Lipinski definition) is 0. The van der Waals surface area contributed by atoms with E-state index in [1.807, 2.05) is 0 Å². The summed E-state index contributed by atoms with van der Waals surface area (Å²) >= 11 is 0. The summed E-state index contributed by atoms with van der Waals surface area (Å²) in [6.07, 6.45) is 6.28. The van der Waals surface area contributed by atoms with Crippen molar-refractivity contribution in [3.63, 3.8) is 0 Å². The van der Waals surface area contributed by atoms with Gasteiger partial charge in [0.15, 0.2) is 0 Å². The Morgan fingerprint density at radius 1 is 1.21 bits per heavy atom. The van der Waals surface area contributed by atoms with E-state index in [9.17, 15) is 0 Å². The van der Waals surface area contributed by atoms with Crippen LogP contribution < -0.4 is 0 Å². The first kappa shape index (κ1) is 13.7. The van der Waals surface area contributed by atoms with Crippen molar-refractivity contribution in [3.05, 3.63) is 11.5 Å². The summed E-state index contributed by atoms with van der Waals surface area (Å²) in [5, 5.41) is 0. The third kappa shape index (κ3) is 2.76. The van der Waals surface area contributed by atoms with Gasteiger partial charge in [-0.05, 0) is 58.3 Å². The fraction of sp³-hybridized carbons (Fsp3) is 0.867. The van der Waals surface area contributed by atoms with Crippen molar-refractivity contribution in [3.8, 4) is 0 Å². The lowest BCUT2D eigenvalue weighted by atomic mass is 9.75. The average molecular weight is 263 g/mol. The molecular formula is C15H26BNO2. The van der Waals surface area contributed by atoms with Crippen LogP contribution in [-0.2, 0) is 9.31 Å². The molecule has 0 amide bonds. The van der Waals surface area contributed by atoms with Crippen LogP contribution in [0.5, 0.6) is 0 Å². The first-order chi connectivity index (χ1) is 8.87. The Labute approximate surface area is 117 Å². The Kier molecular flexibility index (Phi) is 3.31. The van der Waals surface area contributed by atoms with Gasteiger partial charge >= 0.3 is 7.12 Å². The molecule has 3 aliphatic rings. The van der Waals surface area contributed by atoms with E-state index in [-0.39, 0.29) is 18.3 Å². The minimum absolute atomic E-state index is 0.131. The Bertz CT molecular complexity index is 372. The molecule has 1 aliphatic carbocycles. The minimum Gasteiger partial charge on any atom is -0.400 e. The highest BCUT2D eigenvalue weighted by atomic mass is 16.7. The first-order valence-corrected chi connectivity index (χ1v) is 7.64. The van der Waals surface area contributed by atoms with E-state index in [2.05, 4.69) is 38.7 Å². The Morgan fingerprint density at radius 2 is 1.84 bits per heavy atom. The Hall–Kier alpha value is -0.315. The van der Waals surface area contributed by atoms with E-state index in [1.54, 1.807) is 0 Å². The number of rotatable bonds is 3. The van der Waals surface area contributed by atoms with Gasteiger partial charge in [0, 0.05) is 19.6 Å². The van der Waals surface area contributed by atoms with Gasteiger partial charge in [-0.2, -0.15) is 0 Å². The molecule has 1 saturated carbocycles. The molecule has 0 aromatic carbocycles. The van der Waals surface area contributed by atoms with Crippen molar-refractivity contribution in [2.24, 2.45) is 5.92 Å². The van der Waals surface area contributed by atoms with Crippen molar-refractivity contribution >= 4 is 7.12 Å². The van der Waals surface area contributed by atoms with E-state index in [0.717, 1.165) is 25.4 Å². The lowest BCUT2D eigenvalue weighted by Gasteiger charge is -2.32. The van der Waals surface area contributed by atoms with Crippen LogP contribution in [0.2, 0.25) is 0 Å². The van der Waals surface area contributed by atoms with Gasteiger partial charge in [0.05, 0.1) is 11.2 Å². The molecule has 4 heteroatoms. The molecule has 3 nitrogen and oxygen atoms in total. The van der Waals surface area contributed by atoms with E-state index in [0.29, 0.717) is 0 Å². The van der Waals surface area contributed by atoms with Crippen LogP contribution in [0, 0.1) is 5.92 Å². The van der Waals surface area contributed by atoms with Gasteiger partial charge in [-0.1, -0.05) is 6.08 Å². The van der Waals surface area contributed by atoms with Gasteiger partial charge in [-0.3, -0.25) is 4.90 Å². The Balaban J connectivity index is 1.60. The highest BCUT2D eigenvalue weighted by Crippen LogP contribution is 2.39. The van der Waals surface area contributed by atoms with E-state index < -0.39 is 0 Å². The summed E-state index contributed by atoms with van der Waals surface area (Å²) in [6, 6.07) is 0. The molecule has 3 rings (SSSR count). The van der Waals surface area contributed by atoms with Gasteiger partial charge < -0.3 is 9.31 Å². The predicted molar refractivity (Wildman–Crippen MR) is 77.9 cm³/mol. The molecule has 19 heavy (non-hydrogen) atoms. The monoisotopic (exact) mass is 263 g/mol. The zero-order chi connectivity index (χ0) is 13.7. The molecule has 0 N–H and O–H groups in total. The molecular weight excluding hydrogens is 237 g/mol. The molecule has 2 fully saturated rings. The smallest absolute Gasteiger partial charge is 0.400 e. The fourth-order valence-corrected chi connectivity index (χ4v) is 2.77.